The Morgan fingerprint density at radius 1 is 1.09 bits per heavy atom. The smallest absolute Gasteiger partial charge is 0.150 e. The van der Waals surface area contributed by atoms with Crippen LogP contribution in [0.4, 0.5) is 5.82 Å². The zero-order valence-corrected chi connectivity index (χ0v) is 13.3. The number of nitrogens with zero attached hydrogens (tertiary/aromatic N) is 3. The van der Waals surface area contributed by atoms with Crippen molar-refractivity contribution in [3.05, 3.63) is 54.4 Å². The zero-order chi connectivity index (χ0) is 14.9. The van der Waals surface area contributed by atoms with Gasteiger partial charge in [-0.05, 0) is 25.0 Å². The van der Waals surface area contributed by atoms with Crippen LogP contribution in [-0.2, 0) is 0 Å². The summed E-state index contributed by atoms with van der Waals surface area (Å²) in [6, 6.07) is 12.7. The third kappa shape index (κ3) is 2.40. The van der Waals surface area contributed by atoms with E-state index in [9.17, 15) is 0 Å². The van der Waals surface area contributed by atoms with E-state index >= 15 is 0 Å². The highest BCUT2D eigenvalue weighted by Gasteiger charge is 2.17. The summed E-state index contributed by atoms with van der Waals surface area (Å²) in [5.74, 6) is 1.92. The summed E-state index contributed by atoms with van der Waals surface area (Å²) in [7, 11) is 0. The number of fused-ring (bicyclic) bond motifs is 1. The normalized spacial score (nSPS) is 14.7. The summed E-state index contributed by atoms with van der Waals surface area (Å²) >= 11 is 1.79. The fourth-order valence-corrected chi connectivity index (χ4v) is 3.94. The Kier molecular flexibility index (Phi) is 3.39. The number of hydrogen-bond acceptors (Lipinski definition) is 4. The van der Waals surface area contributed by atoms with Crippen molar-refractivity contribution in [2.75, 3.05) is 18.0 Å². The minimum Gasteiger partial charge on any atom is -0.351 e. The maximum Gasteiger partial charge on any atom is 0.150 e. The lowest BCUT2D eigenvalue weighted by atomic mass is 10.2. The van der Waals surface area contributed by atoms with Gasteiger partial charge in [0, 0.05) is 18.0 Å². The van der Waals surface area contributed by atoms with Crippen molar-refractivity contribution in [3.63, 3.8) is 0 Å². The van der Waals surface area contributed by atoms with Gasteiger partial charge in [0.1, 0.15) is 5.82 Å². The second-order valence-electron chi connectivity index (χ2n) is 5.49. The molecule has 110 valence electrons. The summed E-state index contributed by atoms with van der Waals surface area (Å²) in [6.45, 7) is 3.94. The SMILES string of the molecule is Cc1nc(N2CC=CCC2)c2sc(-c3ccccc3)cc2n1. The van der Waals surface area contributed by atoms with Crippen LogP contribution in [0.15, 0.2) is 48.6 Å². The lowest BCUT2D eigenvalue weighted by molar-refractivity contribution is 0.805. The Bertz CT molecular complexity index is 836. The van der Waals surface area contributed by atoms with Crippen LogP contribution in [-0.4, -0.2) is 23.1 Å². The highest BCUT2D eigenvalue weighted by atomic mass is 32.1. The Balaban J connectivity index is 1.86. The van der Waals surface area contributed by atoms with Gasteiger partial charge in [-0.2, -0.15) is 0 Å². The number of aryl methyl sites for hydroxylation is 1. The molecule has 3 heterocycles. The molecule has 0 radical (unpaired) electrons. The van der Waals surface area contributed by atoms with E-state index in [1.165, 1.54) is 15.1 Å². The lowest BCUT2D eigenvalue weighted by Crippen LogP contribution is -2.27. The van der Waals surface area contributed by atoms with Gasteiger partial charge < -0.3 is 4.90 Å². The zero-order valence-electron chi connectivity index (χ0n) is 12.5. The van der Waals surface area contributed by atoms with Crippen molar-refractivity contribution in [2.24, 2.45) is 0 Å². The van der Waals surface area contributed by atoms with Crippen LogP contribution >= 0.6 is 11.3 Å². The molecule has 0 spiro atoms. The third-order valence-corrected chi connectivity index (χ3v) is 5.05. The van der Waals surface area contributed by atoms with Crippen LogP contribution in [0.3, 0.4) is 0 Å². The summed E-state index contributed by atoms with van der Waals surface area (Å²) in [5, 5.41) is 0. The Morgan fingerprint density at radius 2 is 1.95 bits per heavy atom. The second kappa shape index (κ2) is 5.54. The average Bonchev–Trinajstić information content (AvgIpc) is 2.99. The van der Waals surface area contributed by atoms with Gasteiger partial charge in [-0.1, -0.05) is 42.5 Å². The predicted octanol–water partition coefficient (Wildman–Crippen LogP) is 4.43. The molecule has 4 heteroatoms. The summed E-state index contributed by atoms with van der Waals surface area (Å²) in [4.78, 5) is 13.0. The van der Waals surface area contributed by atoms with Gasteiger partial charge in [0.15, 0.2) is 5.82 Å². The van der Waals surface area contributed by atoms with Crippen LogP contribution in [0.2, 0.25) is 0 Å². The van der Waals surface area contributed by atoms with E-state index in [1.54, 1.807) is 11.3 Å². The van der Waals surface area contributed by atoms with Gasteiger partial charge in [0.05, 0.1) is 10.2 Å². The van der Waals surface area contributed by atoms with Crippen molar-refractivity contribution >= 4 is 27.4 Å². The average molecular weight is 307 g/mol. The van der Waals surface area contributed by atoms with E-state index in [-0.39, 0.29) is 0 Å². The Morgan fingerprint density at radius 3 is 2.73 bits per heavy atom. The van der Waals surface area contributed by atoms with E-state index < -0.39 is 0 Å². The highest BCUT2D eigenvalue weighted by Crippen LogP contribution is 2.37. The lowest BCUT2D eigenvalue weighted by Gasteiger charge is -2.24. The molecule has 0 saturated heterocycles. The number of rotatable bonds is 2. The minimum absolute atomic E-state index is 0.842. The van der Waals surface area contributed by atoms with E-state index in [1.807, 2.05) is 13.0 Å². The van der Waals surface area contributed by atoms with Gasteiger partial charge in [0.25, 0.3) is 0 Å². The van der Waals surface area contributed by atoms with Crippen molar-refractivity contribution in [2.45, 2.75) is 13.3 Å². The maximum absolute atomic E-state index is 4.72. The molecule has 1 aliphatic rings. The molecule has 3 nitrogen and oxygen atoms in total. The molecular weight excluding hydrogens is 290 g/mol. The molecule has 4 rings (SSSR count). The first kappa shape index (κ1) is 13.5. The second-order valence-corrected chi connectivity index (χ2v) is 6.54. The highest BCUT2D eigenvalue weighted by molar-refractivity contribution is 7.22. The first-order valence-electron chi connectivity index (χ1n) is 7.55. The van der Waals surface area contributed by atoms with Gasteiger partial charge in [-0.25, -0.2) is 9.97 Å². The molecule has 1 aliphatic heterocycles. The Labute approximate surface area is 134 Å². The van der Waals surface area contributed by atoms with Crippen molar-refractivity contribution in [1.82, 2.24) is 9.97 Å². The van der Waals surface area contributed by atoms with Crippen LogP contribution in [0.1, 0.15) is 12.2 Å². The fraction of sp³-hybridized carbons (Fsp3) is 0.222. The molecule has 2 aromatic heterocycles. The molecule has 0 unspecified atom stereocenters. The van der Waals surface area contributed by atoms with Crippen molar-refractivity contribution in [3.8, 4) is 10.4 Å². The van der Waals surface area contributed by atoms with E-state index in [0.717, 1.165) is 36.7 Å². The molecule has 0 fully saturated rings. The summed E-state index contributed by atoms with van der Waals surface area (Å²) < 4.78 is 1.19. The maximum atomic E-state index is 4.72. The standard InChI is InChI=1S/C18H17N3S/c1-13-19-15-12-16(14-8-4-2-5-9-14)22-17(15)18(20-13)21-10-6-3-7-11-21/h2-6,8-9,12H,7,10-11H2,1H3. The predicted molar refractivity (Wildman–Crippen MR) is 93.6 cm³/mol. The molecule has 0 N–H and O–H groups in total. The summed E-state index contributed by atoms with van der Waals surface area (Å²) in [5.41, 5.74) is 2.30. The van der Waals surface area contributed by atoms with Gasteiger partial charge >= 0.3 is 0 Å². The van der Waals surface area contributed by atoms with Crippen LogP contribution in [0, 0.1) is 6.92 Å². The minimum atomic E-state index is 0.842. The first-order chi connectivity index (χ1) is 10.8. The molecule has 1 aromatic carbocycles. The number of thiophene rings is 1. The molecule has 0 amide bonds. The number of anilines is 1. The van der Waals surface area contributed by atoms with Gasteiger partial charge in [-0.3, -0.25) is 0 Å². The van der Waals surface area contributed by atoms with Crippen LogP contribution < -0.4 is 4.90 Å². The molecule has 22 heavy (non-hydrogen) atoms. The molecule has 3 aromatic rings. The van der Waals surface area contributed by atoms with Gasteiger partial charge in [-0.15, -0.1) is 11.3 Å². The fourth-order valence-electron chi connectivity index (χ4n) is 2.82. The van der Waals surface area contributed by atoms with Crippen LogP contribution in [0.5, 0.6) is 0 Å². The molecule has 0 bridgehead atoms. The van der Waals surface area contributed by atoms with E-state index in [0.29, 0.717) is 0 Å². The van der Waals surface area contributed by atoms with Crippen molar-refractivity contribution in [1.29, 1.82) is 0 Å². The number of aromatic nitrogens is 2. The van der Waals surface area contributed by atoms with Crippen LogP contribution in [0.25, 0.3) is 20.7 Å². The molecular formula is C18H17N3S. The number of benzene rings is 1. The quantitative estimate of drug-likeness (QED) is 0.656. The van der Waals surface area contributed by atoms with E-state index in [4.69, 9.17) is 4.98 Å². The van der Waals surface area contributed by atoms with E-state index in [2.05, 4.69) is 52.4 Å². The third-order valence-electron chi connectivity index (χ3n) is 3.88. The van der Waals surface area contributed by atoms with Gasteiger partial charge in [0.2, 0.25) is 0 Å². The Hall–Kier alpha value is -2.20. The monoisotopic (exact) mass is 307 g/mol. The molecule has 0 aliphatic carbocycles. The summed E-state index contributed by atoms with van der Waals surface area (Å²) in [6.07, 6.45) is 5.55. The largest absolute Gasteiger partial charge is 0.351 e. The molecule has 0 atom stereocenters. The first-order valence-corrected chi connectivity index (χ1v) is 8.36. The number of hydrogen-bond donors (Lipinski definition) is 0. The topological polar surface area (TPSA) is 29.0 Å². The molecule has 0 saturated carbocycles. The van der Waals surface area contributed by atoms with Crippen molar-refractivity contribution < 1.29 is 0 Å².